The molecule has 19 heavy (non-hydrogen) atoms. The van der Waals surface area contributed by atoms with Crippen LogP contribution in [0.2, 0.25) is 0 Å². The standard InChI is InChI=1S/C14H19BrN4/c1-4-7-16-13-6-5-12(8-17-13)9-19-11(3)14(15)10(2)18-19/h5-6,8H,4,7,9H2,1-3H3,(H,16,17). The first-order chi connectivity index (χ1) is 9.11. The Hall–Kier alpha value is -1.36. The molecule has 1 N–H and O–H groups in total. The van der Waals surface area contributed by atoms with Crippen LogP contribution in [0.5, 0.6) is 0 Å². The molecule has 0 aliphatic rings. The van der Waals surface area contributed by atoms with Crippen LogP contribution in [0.3, 0.4) is 0 Å². The summed E-state index contributed by atoms with van der Waals surface area (Å²) in [6.45, 7) is 7.91. The van der Waals surface area contributed by atoms with E-state index in [0.717, 1.165) is 46.8 Å². The Balaban J connectivity index is 2.08. The van der Waals surface area contributed by atoms with E-state index in [1.54, 1.807) is 0 Å². The molecule has 5 heteroatoms. The van der Waals surface area contributed by atoms with Gasteiger partial charge in [-0.1, -0.05) is 13.0 Å². The van der Waals surface area contributed by atoms with Crippen LogP contribution in [0.4, 0.5) is 5.82 Å². The maximum Gasteiger partial charge on any atom is 0.125 e. The van der Waals surface area contributed by atoms with Gasteiger partial charge < -0.3 is 5.32 Å². The smallest absolute Gasteiger partial charge is 0.125 e. The molecule has 0 aromatic carbocycles. The molecule has 102 valence electrons. The molecule has 0 fully saturated rings. The highest BCUT2D eigenvalue weighted by Gasteiger charge is 2.08. The second-order valence-corrected chi connectivity index (χ2v) is 5.41. The highest BCUT2D eigenvalue weighted by atomic mass is 79.9. The molecule has 0 aliphatic carbocycles. The van der Waals surface area contributed by atoms with Gasteiger partial charge in [-0.2, -0.15) is 5.10 Å². The van der Waals surface area contributed by atoms with Crippen LogP contribution in [0.15, 0.2) is 22.8 Å². The lowest BCUT2D eigenvalue weighted by molar-refractivity contribution is 0.657. The molecule has 0 unspecified atom stereocenters. The van der Waals surface area contributed by atoms with E-state index in [2.05, 4.69) is 51.2 Å². The first-order valence-electron chi connectivity index (χ1n) is 6.50. The maximum atomic E-state index is 4.50. The fourth-order valence-corrected chi connectivity index (χ4v) is 2.16. The fourth-order valence-electron chi connectivity index (χ4n) is 1.88. The molecular formula is C14H19BrN4. The van der Waals surface area contributed by atoms with E-state index in [1.165, 1.54) is 0 Å². The van der Waals surface area contributed by atoms with Crippen molar-refractivity contribution in [2.45, 2.75) is 33.7 Å². The molecule has 0 saturated carbocycles. The van der Waals surface area contributed by atoms with Crippen molar-refractivity contribution >= 4 is 21.7 Å². The molecule has 2 heterocycles. The Morgan fingerprint density at radius 1 is 1.32 bits per heavy atom. The van der Waals surface area contributed by atoms with Gasteiger partial charge in [0.25, 0.3) is 0 Å². The highest BCUT2D eigenvalue weighted by molar-refractivity contribution is 9.10. The van der Waals surface area contributed by atoms with Gasteiger partial charge in [0, 0.05) is 12.7 Å². The van der Waals surface area contributed by atoms with Crippen molar-refractivity contribution in [2.75, 3.05) is 11.9 Å². The Morgan fingerprint density at radius 3 is 2.63 bits per heavy atom. The molecule has 0 radical (unpaired) electrons. The summed E-state index contributed by atoms with van der Waals surface area (Å²) in [6, 6.07) is 4.11. The summed E-state index contributed by atoms with van der Waals surface area (Å²) < 4.78 is 3.08. The predicted molar refractivity (Wildman–Crippen MR) is 81.5 cm³/mol. The van der Waals surface area contributed by atoms with Crippen molar-refractivity contribution in [3.63, 3.8) is 0 Å². The van der Waals surface area contributed by atoms with Gasteiger partial charge in [0.15, 0.2) is 0 Å². The minimum absolute atomic E-state index is 0.749. The molecule has 0 aliphatic heterocycles. The van der Waals surface area contributed by atoms with E-state index >= 15 is 0 Å². The van der Waals surface area contributed by atoms with Crippen LogP contribution in [0.1, 0.15) is 30.3 Å². The summed E-state index contributed by atoms with van der Waals surface area (Å²) in [5.74, 6) is 0.931. The van der Waals surface area contributed by atoms with Crippen LogP contribution >= 0.6 is 15.9 Å². The average molecular weight is 323 g/mol. The molecule has 4 nitrogen and oxygen atoms in total. The van der Waals surface area contributed by atoms with E-state index in [4.69, 9.17) is 0 Å². The molecule has 0 atom stereocenters. The topological polar surface area (TPSA) is 42.7 Å². The third-order valence-electron chi connectivity index (χ3n) is 3.01. The van der Waals surface area contributed by atoms with E-state index in [9.17, 15) is 0 Å². The minimum Gasteiger partial charge on any atom is -0.370 e. The van der Waals surface area contributed by atoms with E-state index in [0.29, 0.717) is 0 Å². The Morgan fingerprint density at radius 2 is 2.11 bits per heavy atom. The number of hydrogen-bond donors (Lipinski definition) is 1. The van der Waals surface area contributed by atoms with Crippen LogP contribution in [0, 0.1) is 13.8 Å². The van der Waals surface area contributed by atoms with Crippen LogP contribution < -0.4 is 5.32 Å². The van der Waals surface area contributed by atoms with Gasteiger partial charge in [0.1, 0.15) is 5.82 Å². The third kappa shape index (κ3) is 3.35. The number of pyridine rings is 1. The monoisotopic (exact) mass is 322 g/mol. The van der Waals surface area contributed by atoms with E-state index in [-0.39, 0.29) is 0 Å². The molecule has 2 aromatic rings. The number of halogens is 1. The number of anilines is 1. The maximum absolute atomic E-state index is 4.50. The van der Waals surface area contributed by atoms with Crippen LogP contribution in [-0.2, 0) is 6.54 Å². The van der Waals surface area contributed by atoms with Gasteiger partial charge in [-0.15, -0.1) is 0 Å². The lowest BCUT2D eigenvalue weighted by Crippen LogP contribution is -2.06. The second kappa shape index (κ2) is 6.19. The molecule has 0 spiro atoms. The third-order valence-corrected chi connectivity index (χ3v) is 4.15. The highest BCUT2D eigenvalue weighted by Crippen LogP contribution is 2.20. The summed E-state index contributed by atoms with van der Waals surface area (Å²) in [5.41, 5.74) is 3.32. The lowest BCUT2D eigenvalue weighted by atomic mass is 10.2. The van der Waals surface area contributed by atoms with Crippen molar-refractivity contribution in [1.29, 1.82) is 0 Å². The van der Waals surface area contributed by atoms with Gasteiger partial charge in [0.2, 0.25) is 0 Å². The van der Waals surface area contributed by atoms with Crippen molar-refractivity contribution in [2.24, 2.45) is 0 Å². The van der Waals surface area contributed by atoms with E-state index in [1.807, 2.05) is 23.9 Å². The number of aromatic nitrogens is 3. The van der Waals surface area contributed by atoms with Crippen molar-refractivity contribution < 1.29 is 0 Å². The minimum atomic E-state index is 0.749. The lowest BCUT2D eigenvalue weighted by Gasteiger charge is -2.07. The summed E-state index contributed by atoms with van der Waals surface area (Å²) in [6.07, 6.45) is 3.01. The van der Waals surface area contributed by atoms with E-state index < -0.39 is 0 Å². The predicted octanol–water partition coefficient (Wildman–Crippen LogP) is 3.53. The summed E-state index contributed by atoms with van der Waals surface area (Å²) in [5, 5.41) is 7.77. The van der Waals surface area contributed by atoms with Gasteiger partial charge in [0.05, 0.1) is 22.4 Å². The molecule has 0 amide bonds. The van der Waals surface area contributed by atoms with Crippen LogP contribution in [-0.4, -0.2) is 21.3 Å². The SMILES string of the molecule is CCCNc1ccc(Cn2nc(C)c(Br)c2C)cn1. The van der Waals surface area contributed by atoms with Crippen molar-refractivity contribution in [1.82, 2.24) is 14.8 Å². The van der Waals surface area contributed by atoms with Gasteiger partial charge in [-0.3, -0.25) is 4.68 Å². The Labute approximate surface area is 122 Å². The largest absolute Gasteiger partial charge is 0.370 e. The zero-order valence-corrected chi connectivity index (χ0v) is 13.2. The average Bonchev–Trinajstić information content (AvgIpc) is 2.66. The first-order valence-corrected chi connectivity index (χ1v) is 7.29. The molecular weight excluding hydrogens is 304 g/mol. The summed E-state index contributed by atoms with van der Waals surface area (Å²) in [4.78, 5) is 4.41. The first kappa shape index (κ1) is 14.1. The molecule has 0 saturated heterocycles. The quantitative estimate of drug-likeness (QED) is 0.915. The summed E-state index contributed by atoms with van der Waals surface area (Å²) >= 11 is 3.54. The number of rotatable bonds is 5. The molecule has 2 aromatic heterocycles. The molecule has 0 bridgehead atoms. The zero-order valence-electron chi connectivity index (χ0n) is 11.6. The van der Waals surface area contributed by atoms with Gasteiger partial charge in [-0.25, -0.2) is 4.98 Å². The van der Waals surface area contributed by atoms with Gasteiger partial charge >= 0.3 is 0 Å². The number of nitrogens with zero attached hydrogens (tertiary/aromatic N) is 3. The summed E-state index contributed by atoms with van der Waals surface area (Å²) in [7, 11) is 0. The second-order valence-electron chi connectivity index (χ2n) is 4.62. The Bertz CT molecular complexity index is 545. The number of aryl methyl sites for hydroxylation is 1. The van der Waals surface area contributed by atoms with Crippen molar-refractivity contribution in [3.05, 3.63) is 39.8 Å². The Kier molecular flexibility index (Phi) is 4.58. The molecule has 2 rings (SSSR count). The number of hydrogen-bond acceptors (Lipinski definition) is 3. The number of nitrogens with one attached hydrogen (secondary N) is 1. The van der Waals surface area contributed by atoms with Gasteiger partial charge in [-0.05, 0) is 47.8 Å². The van der Waals surface area contributed by atoms with Crippen LogP contribution in [0.25, 0.3) is 0 Å². The normalized spacial score (nSPS) is 10.7. The van der Waals surface area contributed by atoms with Crippen molar-refractivity contribution in [3.8, 4) is 0 Å². The fraction of sp³-hybridized carbons (Fsp3) is 0.429. The zero-order chi connectivity index (χ0) is 13.8.